The number of amides is 2. The molecule has 8 heteroatoms. The van der Waals surface area contributed by atoms with Crippen molar-refractivity contribution in [3.8, 4) is 17.1 Å². The van der Waals surface area contributed by atoms with Gasteiger partial charge in [0.05, 0.1) is 18.4 Å². The SMILES string of the molecule is COc1ccc(-c2noc(CCCCCNC(=O)c3ccccc3NC(=O)c3ccccc3)n2)cc1. The Labute approximate surface area is 209 Å². The van der Waals surface area contributed by atoms with Crippen LogP contribution in [0.4, 0.5) is 5.69 Å². The molecular formula is C28H28N4O4. The number of aromatic nitrogens is 2. The fourth-order valence-corrected chi connectivity index (χ4v) is 3.66. The van der Waals surface area contributed by atoms with E-state index in [0.717, 1.165) is 30.6 Å². The highest BCUT2D eigenvalue weighted by atomic mass is 16.5. The topological polar surface area (TPSA) is 106 Å². The lowest BCUT2D eigenvalue weighted by atomic mass is 10.1. The summed E-state index contributed by atoms with van der Waals surface area (Å²) in [5.74, 6) is 1.44. The van der Waals surface area contributed by atoms with Gasteiger partial charge in [-0.3, -0.25) is 9.59 Å². The number of benzene rings is 3. The highest BCUT2D eigenvalue weighted by molar-refractivity contribution is 6.08. The second-order valence-corrected chi connectivity index (χ2v) is 8.17. The van der Waals surface area contributed by atoms with Gasteiger partial charge in [-0.25, -0.2) is 0 Å². The summed E-state index contributed by atoms with van der Waals surface area (Å²) in [5.41, 5.74) is 2.31. The van der Waals surface area contributed by atoms with Crippen molar-refractivity contribution in [3.05, 3.63) is 95.9 Å². The van der Waals surface area contributed by atoms with Gasteiger partial charge in [0.15, 0.2) is 0 Å². The monoisotopic (exact) mass is 484 g/mol. The Bertz CT molecular complexity index is 1290. The first kappa shape index (κ1) is 24.7. The van der Waals surface area contributed by atoms with E-state index >= 15 is 0 Å². The fourth-order valence-electron chi connectivity index (χ4n) is 3.66. The Morgan fingerprint density at radius 2 is 1.61 bits per heavy atom. The summed E-state index contributed by atoms with van der Waals surface area (Å²) < 4.78 is 10.5. The first-order valence-electron chi connectivity index (χ1n) is 11.8. The maximum Gasteiger partial charge on any atom is 0.255 e. The highest BCUT2D eigenvalue weighted by Crippen LogP contribution is 2.20. The van der Waals surface area contributed by atoms with Crippen LogP contribution in [0.5, 0.6) is 5.75 Å². The Balaban J connectivity index is 1.20. The zero-order chi connectivity index (χ0) is 25.2. The molecule has 1 aromatic heterocycles. The van der Waals surface area contributed by atoms with Crippen molar-refractivity contribution < 1.29 is 18.8 Å². The summed E-state index contributed by atoms with van der Waals surface area (Å²) in [6.07, 6.45) is 3.24. The van der Waals surface area contributed by atoms with Crippen molar-refractivity contribution in [2.45, 2.75) is 25.7 Å². The minimum Gasteiger partial charge on any atom is -0.497 e. The van der Waals surface area contributed by atoms with Gasteiger partial charge in [-0.1, -0.05) is 41.9 Å². The molecule has 3 aromatic carbocycles. The van der Waals surface area contributed by atoms with Gasteiger partial charge in [0.1, 0.15) is 5.75 Å². The Kier molecular flexibility index (Phi) is 8.43. The van der Waals surface area contributed by atoms with Gasteiger partial charge >= 0.3 is 0 Å². The van der Waals surface area contributed by atoms with Gasteiger partial charge < -0.3 is 19.9 Å². The molecule has 0 aliphatic rings. The third kappa shape index (κ3) is 6.56. The van der Waals surface area contributed by atoms with Crippen LogP contribution in [-0.4, -0.2) is 35.6 Å². The van der Waals surface area contributed by atoms with E-state index in [1.807, 2.05) is 30.3 Å². The molecule has 0 aliphatic heterocycles. The van der Waals surface area contributed by atoms with Crippen LogP contribution in [0.2, 0.25) is 0 Å². The normalized spacial score (nSPS) is 10.6. The Morgan fingerprint density at radius 1 is 0.861 bits per heavy atom. The molecule has 0 bridgehead atoms. The average molecular weight is 485 g/mol. The van der Waals surface area contributed by atoms with Crippen LogP contribution in [0.25, 0.3) is 11.4 Å². The quantitative estimate of drug-likeness (QED) is 0.286. The smallest absolute Gasteiger partial charge is 0.255 e. The van der Waals surface area contributed by atoms with Crippen LogP contribution >= 0.6 is 0 Å². The predicted molar refractivity (Wildman–Crippen MR) is 137 cm³/mol. The van der Waals surface area contributed by atoms with Crippen molar-refractivity contribution in [2.75, 3.05) is 19.0 Å². The minimum absolute atomic E-state index is 0.222. The summed E-state index contributed by atoms with van der Waals surface area (Å²) in [6.45, 7) is 0.529. The molecule has 184 valence electrons. The molecule has 8 nitrogen and oxygen atoms in total. The first-order chi connectivity index (χ1) is 17.6. The van der Waals surface area contributed by atoms with E-state index in [4.69, 9.17) is 9.26 Å². The summed E-state index contributed by atoms with van der Waals surface area (Å²) in [6, 6.07) is 23.4. The van der Waals surface area contributed by atoms with E-state index in [1.54, 1.807) is 55.6 Å². The zero-order valence-corrected chi connectivity index (χ0v) is 20.1. The molecule has 0 aliphatic carbocycles. The summed E-state index contributed by atoms with van der Waals surface area (Å²) >= 11 is 0. The van der Waals surface area contributed by atoms with Gasteiger partial charge in [0, 0.05) is 24.1 Å². The molecule has 0 unspecified atom stereocenters. The van der Waals surface area contributed by atoms with Crippen molar-refractivity contribution >= 4 is 17.5 Å². The molecule has 4 aromatic rings. The molecule has 0 saturated carbocycles. The number of para-hydroxylation sites is 1. The van der Waals surface area contributed by atoms with Crippen LogP contribution < -0.4 is 15.4 Å². The lowest BCUT2D eigenvalue weighted by molar-refractivity contribution is 0.0953. The second-order valence-electron chi connectivity index (χ2n) is 8.17. The fraction of sp³-hybridized carbons (Fsp3) is 0.214. The second kappa shape index (κ2) is 12.3. The Morgan fingerprint density at radius 3 is 2.39 bits per heavy atom. The molecule has 2 amide bonds. The number of unbranched alkanes of at least 4 members (excludes halogenated alkanes) is 2. The maximum atomic E-state index is 12.7. The number of carbonyl (C=O) groups is 2. The molecular weight excluding hydrogens is 456 g/mol. The molecule has 4 rings (SSSR count). The largest absolute Gasteiger partial charge is 0.497 e. The van der Waals surface area contributed by atoms with Gasteiger partial charge in [-0.2, -0.15) is 4.98 Å². The van der Waals surface area contributed by atoms with Gasteiger partial charge in [0.2, 0.25) is 11.7 Å². The van der Waals surface area contributed by atoms with E-state index in [-0.39, 0.29) is 11.8 Å². The molecule has 0 spiro atoms. The lowest BCUT2D eigenvalue weighted by Crippen LogP contribution is -2.26. The van der Waals surface area contributed by atoms with E-state index in [1.165, 1.54) is 0 Å². The third-order valence-corrected chi connectivity index (χ3v) is 5.63. The van der Waals surface area contributed by atoms with Crippen LogP contribution in [0, 0.1) is 0 Å². The number of anilines is 1. The van der Waals surface area contributed by atoms with Crippen molar-refractivity contribution in [1.29, 1.82) is 0 Å². The standard InChI is InChI=1S/C28H28N4O4/c1-35-22-17-15-20(16-18-22)26-31-25(36-32-26)14-6-3-9-19-29-28(34)23-12-7-8-13-24(23)30-27(33)21-10-4-2-5-11-21/h2,4-5,7-8,10-13,15-18H,3,6,9,14,19H2,1H3,(H,29,34)(H,30,33). The number of hydrogen-bond acceptors (Lipinski definition) is 6. The lowest BCUT2D eigenvalue weighted by Gasteiger charge is -2.11. The summed E-state index contributed by atoms with van der Waals surface area (Å²) in [4.78, 5) is 29.6. The molecule has 1 heterocycles. The molecule has 0 fully saturated rings. The predicted octanol–water partition coefficient (Wildman–Crippen LogP) is 5.14. The third-order valence-electron chi connectivity index (χ3n) is 5.63. The van der Waals surface area contributed by atoms with Crippen molar-refractivity contribution in [3.63, 3.8) is 0 Å². The highest BCUT2D eigenvalue weighted by Gasteiger charge is 2.14. The molecule has 0 radical (unpaired) electrons. The van der Waals surface area contributed by atoms with E-state index < -0.39 is 0 Å². The van der Waals surface area contributed by atoms with Gasteiger partial charge in [-0.05, 0) is 61.4 Å². The van der Waals surface area contributed by atoms with Crippen LogP contribution in [0.3, 0.4) is 0 Å². The van der Waals surface area contributed by atoms with Crippen molar-refractivity contribution in [2.24, 2.45) is 0 Å². The number of rotatable bonds is 11. The number of methoxy groups -OCH3 is 1. The van der Waals surface area contributed by atoms with E-state index in [0.29, 0.717) is 41.5 Å². The summed E-state index contributed by atoms with van der Waals surface area (Å²) in [5, 5.41) is 9.81. The number of carbonyl (C=O) groups excluding carboxylic acids is 2. The van der Waals surface area contributed by atoms with E-state index in [2.05, 4.69) is 20.8 Å². The number of hydrogen-bond donors (Lipinski definition) is 2. The number of aryl methyl sites for hydroxylation is 1. The van der Waals surface area contributed by atoms with Gasteiger partial charge in [-0.15, -0.1) is 0 Å². The maximum absolute atomic E-state index is 12.7. The van der Waals surface area contributed by atoms with E-state index in [9.17, 15) is 9.59 Å². The zero-order valence-electron chi connectivity index (χ0n) is 20.1. The van der Waals surface area contributed by atoms with Crippen LogP contribution in [0.15, 0.2) is 83.4 Å². The molecule has 0 saturated heterocycles. The minimum atomic E-state index is -0.257. The molecule has 36 heavy (non-hydrogen) atoms. The molecule has 2 N–H and O–H groups in total. The summed E-state index contributed by atoms with van der Waals surface area (Å²) in [7, 11) is 1.62. The van der Waals surface area contributed by atoms with Crippen molar-refractivity contribution in [1.82, 2.24) is 15.5 Å². The average Bonchev–Trinajstić information content (AvgIpc) is 3.40. The number of ether oxygens (including phenoxy) is 1. The van der Waals surface area contributed by atoms with Crippen LogP contribution in [-0.2, 0) is 6.42 Å². The first-order valence-corrected chi connectivity index (χ1v) is 11.8. The Hall–Kier alpha value is -4.46. The van der Waals surface area contributed by atoms with Gasteiger partial charge in [0.25, 0.3) is 11.8 Å². The molecule has 0 atom stereocenters. The number of nitrogens with zero attached hydrogens (tertiary/aromatic N) is 2. The van der Waals surface area contributed by atoms with Crippen LogP contribution in [0.1, 0.15) is 45.9 Å². The number of nitrogens with one attached hydrogen (secondary N) is 2.